The number of halogens is 1. The van der Waals surface area contributed by atoms with Crippen LogP contribution < -0.4 is 4.74 Å². The molecule has 2 aromatic rings. The first kappa shape index (κ1) is 12.0. The van der Waals surface area contributed by atoms with E-state index in [1.54, 1.807) is 30.1 Å². The second-order valence-corrected chi connectivity index (χ2v) is 4.53. The standard InChI is InChI=1S/C12H13FN2OS/c1-15-7-6-14-12(15)17-9-8-16-11-4-2-10(13)3-5-11/h2-7H,8-9H2,1H3. The summed E-state index contributed by atoms with van der Waals surface area (Å²) < 4.78 is 20.1. The Bertz CT molecular complexity index is 470. The Morgan fingerprint density at radius 1 is 1.35 bits per heavy atom. The lowest BCUT2D eigenvalue weighted by atomic mass is 10.3. The van der Waals surface area contributed by atoms with Gasteiger partial charge in [-0.1, -0.05) is 11.8 Å². The molecule has 0 saturated heterocycles. The van der Waals surface area contributed by atoms with Gasteiger partial charge in [0.2, 0.25) is 0 Å². The van der Waals surface area contributed by atoms with Crippen molar-refractivity contribution in [2.24, 2.45) is 7.05 Å². The second kappa shape index (κ2) is 5.72. The summed E-state index contributed by atoms with van der Waals surface area (Å²) in [5, 5.41) is 0.965. The van der Waals surface area contributed by atoms with E-state index in [9.17, 15) is 4.39 Å². The summed E-state index contributed by atoms with van der Waals surface area (Å²) in [6, 6.07) is 6.03. The zero-order valence-corrected chi connectivity index (χ0v) is 10.3. The van der Waals surface area contributed by atoms with Gasteiger partial charge >= 0.3 is 0 Å². The van der Waals surface area contributed by atoms with Gasteiger partial charge in [0.25, 0.3) is 0 Å². The predicted molar refractivity (Wildman–Crippen MR) is 65.8 cm³/mol. The number of hydrogen-bond donors (Lipinski definition) is 0. The summed E-state index contributed by atoms with van der Waals surface area (Å²) >= 11 is 1.63. The molecule has 90 valence electrons. The lowest BCUT2D eigenvalue weighted by molar-refractivity contribution is 0.343. The van der Waals surface area contributed by atoms with Crippen LogP contribution in [0.5, 0.6) is 5.75 Å². The molecule has 1 aromatic carbocycles. The summed E-state index contributed by atoms with van der Waals surface area (Å²) in [5.41, 5.74) is 0. The summed E-state index contributed by atoms with van der Waals surface area (Å²) in [6.07, 6.45) is 3.67. The van der Waals surface area contributed by atoms with Gasteiger partial charge in [-0.15, -0.1) is 0 Å². The largest absolute Gasteiger partial charge is 0.493 e. The fraction of sp³-hybridized carbons (Fsp3) is 0.250. The van der Waals surface area contributed by atoms with Crippen LogP contribution >= 0.6 is 11.8 Å². The maximum absolute atomic E-state index is 12.6. The number of imidazole rings is 1. The highest BCUT2D eigenvalue weighted by molar-refractivity contribution is 7.99. The van der Waals surface area contributed by atoms with E-state index in [-0.39, 0.29) is 5.82 Å². The minimum absolute atomic E-state index is 0.250. The number of aryl methyl sites for hydroxylation is 1. The van der Waals surface area contributed by atoms with Crippen LogP contribution in [0.15, 0.2) is 41.8 Å². The van der Waals surface area contributed by atoms with Crippen LogP contribution in [-0.4, -0.2) is 21.9 Å². The molecule has 1 aromatic heterocycles. The van der Waals surface area contributed by atoms with Crippen LogP contribution in [0.3, 0.4) is 0 Å². The molecule has 0 radical (unpaired) electrons. The van der Waals surface area contributed by atoms with Crippen LogP contribution in [0.25, 0.3) is 0 Å². The number of nitrogens with zero attached hydrogens (tertiary/aromatic N) is 2. The molecule has 0 N–H and O–H groups in total. The Labute approximate surface area is 104 Å². The fourth-order valence-corrected chi connectivity index (χ4v) is 2.06. The molecular formula is C12H13FN2OS. The van der Waals surface area contributed by atoms with E-state index in [0.717, 1.165) is 10.9 Å². The summed E-state index contributed by atoms with van der Waals surface area (Å²) in [5.74, 6) is 1.24. The molecule has 0 atom stereocenters. The van der Waals surface area contributed by atoms with E-state index in [1.807, 2.05) is 17.8 Å². The molecule has 0 aliphatic rings. The highest BCUT2D eigenvalue weighted by atomic mass is 32.2. The van der Waals surface area contributed by atoms with Crippen molar-refractivity contribution in [1.29, 1.82) is 0 Å². The van der Waals surface area contributed by atoms with Crippen LogP contribution in [0, 0.1) is 5.82 Å². The topological polar surface area (TPSA) is 27.1 Å². The number of aromatic nitrogens is 2. The SMILES string of the molecule is Cn1ccnc1SCCOc1ccc(F)cc1. The summed E-state index contributed by atoms with van der Waals surface area (Å²) in [7, 11) is 1.95. The highest BCUT2D eigenvalue weighted by Crippen LogP contribution is 2.15. The lowest BCUT2D eigenvalue weighted by Gasteiger charge is -2.05. The Kier molecular flexibility index (Phi) is 4.03. The van der Waals surface area contributed by atoms with Crippen molar-refractivity contribution in [2.45, 2.75) is 5.16 Å². The van der Waals surface area contributed by atoms with Gasteiger partial charge in [-0.25, -0.2) is 9.37 Å². The van der Waals surface area contributed by atoms with Gasteiger partial charge in [-0.3, -0.25) is 0 Å². The van der Waals surface area contributed by atoms with Crippen molar-refractivity contribution in [2.75, 3.05) is 12.4 Å². The Morgan fingerprint density at radius 3 is 2.76 bits per heavy atom. The van der Waals surface area contributed by atoms with Crippen molar-refractivity contribution >= 4 is 11.8 Å². The van der Waals surface area contributed by atoms with Gasteiger partial charge in [0.1, 0.15) is 11.6 Å². The smallest absolute Gasteiger partial charge is 0.167 e. The third-order valence-electron chi connectivity index (χ3n) is 2.17. The highest BCUT2D eigenvalue weighted by Gasteiger charge is 2.00. The van der Waals surface area contributed by atoms with Crippen molar-refractivity contribution in [3.63, 3.8) is 0 Å². The van der Waals surface area contributed by atoms with Crippen molar-refractivity contribution in [3.05, 3.63) is 42.5 Å². The minimum atomic E-state index is -0.250. The summed E-state index contributed by atoms with van der Waals surface area (Å²) in [4.78, 5) is 4.19. The Balaban J connectivity index is 1.73. The first-order chi connectivity index (χ1) is 8.25. The fourth-order valence-electron chi connectivity index (χ4n) is 1.31. The molecule has 0 saturated carbocycles. The zero-order valence-electron chi connectivity index (χ0n) is 9.47. The van der Waals surface area contributed by atoms with Crippen molar-refractivity contribution in [1.82, 2.24) is 9.55 Å². The quantitative estimate of drug-likeness (QED) is 0.605. The molecule has 1 heterocycles. The summed E-state index contributed by atoms with van der Waals surface area (Å²) in [6.45, 7) is 0.573. The molecule has 2 rings (SSSR count). The van der Waals surface area contributed by atoms with Gasteiger partial charge in [-0.2, -0.15) is 0 Å². The maximum Gasteiger partial charge on any atom is 0.167 e. The van der Waals surface area contributed by atoms with Crippen LogP contribution in [0.2, 0.25) is 0 Å². The third-order valence-corrected chi connectivity index (χ3v) is 3.20. The average molecular weight is 252 g/mol. The van der Waals surface area contributed by atoms with E-state index in [0.29, 0.717) is 12.4 Å². The number of ether oxygens (including phenoxy) is 1. The van der Waals surface area contributed by atoms with Crippen LogP contribution in [0.4, 0.5) is 4.39 Å². The Morgan fingerprint density at radius 2 is 2.12 bits per heavy atom. The normalized spacial score (nSPS) is 10.5. The Hall–Kier alpha value is -1.49. The number of hydrogen-bond acceptors (Lipinski definition) is 3. The molecule has 17 heavy (non-hydrogen) atoms. The molecular weight excluding hydrogens is 239 g/mol. The lowest BCUT2D eigenvalue weighted by Crippen LogP contribution is -2.01. The van der Waals surface area contributed by atoms with Crippen molar-refractivity contribution < 1.29 is 9.13 Å². The monoisotopic (exact) mass is 252 g/mol. The minimum Gasteiger partial charge on any atom is -0.493 e. The van der Waals surface area contributed by atoms with Gasteiger partial charge in [0.05, 0.1) is 6.61 Å². The first-order valence-electron chi connectivity index (χ1n) is 5.24. The average Bonchev–Trinajstić information content (AvgIpc) is 2.73. The van der Waals surface area contributed by atoms with E-state index in [1.165, 1.54) is 12.1 Å². The van der Waals surface area contributed by atoms with E-state index >= 15 is 0 Å². The number of thioether (sulfide) groups is 1. The molecule has 0 spiro atoms. The van der Waals surface area contributed by atoms with Crippen LogP contribution in [-0.2, 0) is 7.05 Å². The number of benzene rings is 1. The predicted octanol–water partition coefficient (Wildman–Crippen LogP) is 2.73. The van der Waals surface area contributed by atoms with Gasteiger partial charge in [0.15, 0.2) is 5.16 Å². The molecule has 3 nitrogen and oxygen atoms in total. The molecule has 0 aliphatic heterocycles. The molecule has 0 aliphatic carbocycles. The molecule has 5 heteroatoms. The molecule has 0 amide bonds. The first-order valence-corrected chi connectivity index (χ1v) is 6.23. The van der Waals surface area contributed by atoms with E-state index < -0.39 is 0 Å². The van der Waals surface area contributed by atoms with Gasteiger partial charge in [-0.05, 0) is 24.3 Å². The van der Waals surface area contributed by atoms with Crippen LogP contribution in [0.1, 0.15) is 0 Å². The molecule has 0 bridgehead atoms. The molecule has 0 fully saturated rings. The van der Waals surface area contributed by atoms with Crippen molar-refractivity contribution in [3.8, 4) is 5.75 Å². The van der Waals surface area contributed by atoms with Gasteiger partial charge < -0.3 is 9.30 Å². The van der Waals surface area contributed by atoms with Gasteiger partial charge in [0, 0.05) is 25.2 Å². The van der Waals surface area contributed by atoms with E-state index in [4.69, 9.17) is 4.74 Å². The molecule has 0 unspecified atom stereocenters. The zero-order chi connectivity index (χ0) is 12.1. The maximum atomic E-state index is 12.6. The third kappa shape index (κ3) is 3.49. The van der Waals surface area contributed by atoms with E-state index in [2.05, 4.69) is 4.98 Å². The number of rotatable bonds is 5. The second-order valence-electron chi connectivity index (χ2n) is 3.47.